The maximum Gasteiger partial charge on any atom is 0.573 e. The van der Waals surface area contributed by atoms with Gasteiger partial charge < -0.3 is 9.47 Å². The van der Waals surface area contributed by atoms with Gasteiger partial charge in [-0.25, -0.2) is 9.67 Å². The molecule has 0 radical (unpaired) electrons. The van der Waals surface area contributed by atoms with E-state index >= 15 is 0 Å². The van der Waals surface area contributed by atoms with Crippen LogP contribution in [0.5, 0.6) is 11.6 Å². The average Bonchev–Trinajstić information content (AvgIpc) is 2.95. The molecule has 0 saturated heterocycles. The normalized spacial score (nSPS) is 11.5. The lowest BCUT2D eigenvalue weighted by atomic mass is 10.1. The van der Waals surface area contributed by atoms with Crippen molar-refractivity contribution in [2.45, 2.75) is 13.3 Å². The number of rotatable bonds is 4. The van der Waals surface area contributed by atoms with Gasteiger partial charge in [0.15, 0.2) is 0 Å². The number of aryl methyl sites for hydroxylation is 1. The lowest BCUT2D eigenvalue weighted by Gasteiger charge is -2.12. The highest BCUT2D eigenvalue weighted by molar-refractivity contribution is 9.10. The minimum atomic E-state index is -4.77. The Kier molecular flexibility index (Phi) is 4.90. The van der Waals surface area contributed by atoms with Crippen molar-refractivity contribution < 1.29 is 22.6 Å². The predicted octanol–water partition coefficient (Wildman–Crippen LogP) is 4.91. The van der Waals surface area contributed by atoms with E-state index in [0.717, 1.165) is 0 Å². The van der Waals surface area contributed by atoms with Crippen molar-refractivity contribution in [1.29, 1.82) is 0 Å². The number of nitrogens with zero attached hydrogens (tertiary/aromatic N) is 3. The second-order valence-electron chi connectivity index (χ2n) is 5.36. The Hall–Kier alpha value is -2.55. The Bertz CT molecular complexity index is 941. The summed E-state index contributed by atoms with van der Waals surface area (Å²) in [5, 5.41) is 4.42. The molecule has 0 N–H and O–H groups in total. The molecule has 0 spiro atoms. The summed E-state index contributed by atoms with van der Waals surface area (Å²) >= 11 is 3.22. The highest BCUT2D eigenvalue weighted by Gasteiger charge is 2.31. The molecular formula is C17H13BrF3N3O2. The number of hydrogen-bond acceptors (Lipinski definition) is 4. The van der Waals surface area contributed by atoms with Gasteiger partial charge in [0.1, 0.15) is 5.75 Å². The second-order valence-corrected chi connectivity index (χ2v) is 6.28. The number of pyridine rings is 1. The molecule has 0 aliphatic carbocycles. The van der Waals surface area contributed by atoms with Crippen LogP contribution in [0, 0.1) is 6.92 Å². The Morgan fingerprint density at radius 1 is 1.12 bits per heavy atom. The minimum Gasteiger partial charge on any atom is -0.481 e. The maximum atomic E-state index is 12.6. The van der Waals surface area contributed by atoms with E-state index in [1.165, 1.54) is 19.2 Å². The fraction of sp³-hybridized carbons (Fsp3) is 0.176. The third-order valence-electron chi connectivity index (χ3n) is 3.40. The van der Waals surface area contributed by atoms with E-state index in [2.05, 4.69) is 30.7 Å². The van der Waals surface area contributed by atoms with Crippen LogP contribution in [0.1, 0.15) is 5.69 Å². The van der Waals surface area contributed by atoms with Crippen LogP contribution in [0.3, 0.4) is 0 Å². The number of aromatic nitrogens is 3. The number of methoxy groups -OCH3 is 1. The van der Waals surface area contributed by atoms with Crippen LogP contribution < -0.4 is 9.47 Å². The van der Waals surface area contributed by atoms with Crippen molar-refractivity contribution >= 4 is 15.9 Å². The maximum absolute atomic E-state index is 12.6. The average molecular weight is 428 g/mol. The van der Waals surface area contributed by atoms with Gasteiger partial charge in [-0.3, -0.25) is 0 Å². The van der Waals surface area contributed by atoms with Crippen LogP contribution in [-0.2, 0) is 0 Å². The Morgan fingerprint density at radius 2 is 1.88 bits per heavy atom. The molecule has 0 amide bonds. The van der Waals surface area contributed by atoms with Gasteiger partial charge in [0.05, 0.1) is 24.2 Å². The van der Waals surface area contributed by atoms with E-state index in [1.807, 2.05) is 0 Å². The van der Waals surface area contributed by atoms with Crippen molar-refractivity contribution in [3.05, 3.63) is 52.8 Å². The SMILES string of the molecule is COc1cc(-n2nc(C)cc2-c2cc(Br)cc(OC(F)(F)F)c2)ccn1. The zero-order chi connectivity index (χ0) is 18.9. The van der Waals surface area contributed by atoms with Crippen LogP contribution in [0.15, 0.2) is 47.1 Å². The summed E-state index contributed by atoms with van der Waals surface area (Å²) in [5.41, 5.74) is 2.48. The number of benzene rings is 1. The van der Waals surface area contributed by atoms with Crippen LogP contribution in [0.25, 0.3) is 16.9 Å². The van der Waals surface area contributed by atoms with Crippen LogP contribution in [-0.4, -0.2) is 28.2 Å². The summed E-state index contributed by atoms with van der Waals surface area (Å²) in [7, 11) is 1.50. The van der Waals surface area contributed by atoms with Gasteiger partial charge in [0.2, 0.25) is 5.88 Å². The molecule has 0 bridgehead atoms. The first-order valence-electron chi connectivity index (χ1n) is 7.39. The van der Waals surface area contributed by atoms with Gasteiger partial charge in [0, 0.05) is 22.3 Å². The van der Waals surface area contributed by atoms with E-state index in [9.17, 15) is 13.2 Å². The third kappa shape index (κ3) is 4.16. The molecule has 1 aromatic carbocycles. The van der Waals surface area contributed by atoms with E-state index < -0.39 is 6.36 Å². The number of halogens is 4. The third-order valence-corrected chi connectivity index (χ3v) is 3.86. The van der Waals surface area contributed by atoms with Crippen molar-refractivity contribution in [1.82, 2.24) is 14.8 Å². The lowest BCUT2D eigenvalue weighted by molar-refractivity contribution is -0.274. The molecule has 2 aromatic heterocycles. The predicted molar refractivity (Wildman–Crippen MR) is 92.5 cm³/mol. The second kappa shape index (κ2) is 6.99. The summed E-state index contributed by atoms with van der Waals surface area (Å²) < 4.78 is 48.9. The first-order chi connectivity index (χ1) is 12.2. The Morgan fingerprint density at radius 3 is 2.58 bits per heavy atom. The topological polar surface area (TPSA) is 49.2 Å². The quantitative estimate of drug-likeness (QED) is 0.593. The van der Waals surface area contributed by atoms with E-state index in [0.29, 0.717) is 33.0 Å². The molecule has 0 fully saturated rings. The molecule has 0 saturated carbocycles. The molecule has 26 heavy (non-hydrogen) atoms. The largest absolute Gasteiger partial charge is 0.573 e. The molecule has 3 aromatic rings. The van der Waals surface area contributed by atoms with E-state index in [1.54, 1.807) is 42.1 Å². The summed E-state index contributed by atoms with van der Waals surface area (Å²) in [6.07, 6.45) is -3.21. The number of alkyl halides is 3. The summed E-state index contributed by atoms with van der Waals surface area (Å²) in [6.45, 7) is 1.80. The molecule has 5 nitrogen and oxygen atoms in total. The number of hydrogen-bond donors (Lipinski definition) is 0. The molecule has 136 valence electrons. The van der Waals surface area contributed by atoms with Crippen LogP contribution in [0.4, 0.5) is 13.2 Å². The Labute approximate surface area is 155 Å². The molecule has 0 atom stereocenters. The minimum absolute atomic E-state index is 0.320. The smallest absolute Gasteiger partial charge is 0.481 e. The first-order valence-corrected chi connectivity index (χ1v) is 8.18. The van der Waals surface area contributed by atoms with Gasteiger partial charge in [-0.05, 0) is 37.3 Å². The molecular weight excluding hydrogens is 415 g/mol. The number of ether oxygens (including phenoxy) is 2. The van der Waals surface area contributed by atoms with Crippen LogP contribution in [0.2, 0.25) is 0 Å². The van der Waals surface area contributed by atoms with Gasteiger partial charge in [-0.1, -0.05) is 15.9 Å². The Balaban J connectivity index is 2.10. The van der Waals surface area contributed by atoms with Gasteiger partial charge in [-0.15, -0.1) is 13.2 Å². The van der Waals surface area contributed by atoms with Gasteiger partial charge in [-0.2, -0.15) is 5.10 Å². The van der Waals surface area contributed by atoms with Gasteiger partial charge in [0.25, 0.3) is 0 Å². The summed E-state index contributed by atoms with van der Waals surface area (Å²) in [5.74, 6) is 0.0801. The van der Waals surface area contributed by atoms with Crippen molar-refractivity contribution in [2.75, 3.05) is 7.11 Å². The zero-order valence-electron chi connectivity index (χ0n) is 13.7. The highest BCUT2D eigenvalue weighted by atomic mass is 79.9. The molecule has 2 heterocycles. The summed E-state index contributed by atoms with van der Waals surface area (Å²) in [4.78, 5) is 4.05. The molecule has 0 aliphatic heterocycles. The molecule has 0 aliphatic rings. The van der Waals surface area contributed by atoms with Gasteiger partial charge >= 0.3 is 6.36 Å². The summed E-state index contributed by atoms with van der Waals surface area (Å²) in [6, 6.07) is 9.43. The monoisotopic (exact) mass is 427 g/mol. The van der Waals surface area contributed by atoms with Crippen molar-refractivity contribution in [2.24, 2.45) is 0 Å². The lowest BCUT2D eigenvalue weighted by Crippen LogP contribution is -2.17. The molecule has 9 heteroatoms. The fourth-order valence-corrected chi connectivity index (χ4v) is 2.92. The van der Waals surface area contributed by atoms with E-state index in [4.69, 9.17) is 4.74 Å². The fourth-order valence-electron chi connectivity index (χ4n) is 2.45. The van der Waals surface area contributed by atoms with Crippen LogP contribution >= 0.6 is 15.9 Å². The van der Waals surface area contributed by atoms with E-state index in [-0.39, 0.29) is 5.75 Å². The molecule has 0 unspecified atom stereocenters. The zero-order valence-corrected chi connectivity index (χ0v) is 15.3. The molecule has 3 rings (SSSR count). The standard InChI is InChI=1S/C17H13BrF3N3O2/c1-10-5-15(24(23-10)13-3-4-22-16(9-13)25-2)11-6-12(18)8-14(7-11)26-17(19,20)21/h3-9H,1-2H3. The van der Waals surface area contributed by atoms with Crippen molar-refractivity contribution in [3.63, 3.8) is 0 Å². The van der Waals surface area contributed by atoms with Crippen molar-refractivity contribution in [3.8, 4) is 28.6 Å². The first kappa shape index (κ1) is 18.2. The highest BCUT2D eigenvalue weighted by Crippen LogP contribution is 2.33.